The van der Waals surface area contributed by atoms with Crippen LogP contribution in [-0.2, 0) is 9.57 Å². The van der Waals surface area contributed by atoms with Crippen molar-refractivity contribution >= 4 is 6.09 Å². The molecule has 0 radical (unpaired) electrons. The fraction of sp³-hybridized carbons (Fsp3) is 0.900. The van der Waals surface area contributed by atoms with E-state index in [0.29, 0.717) is 6.54 Å². The molecule has 0 aliphatic heterocycles. The second kappa shape index (κ2) is 5.86. The van der Waals surface area contributed by atoms with Gasteiger partial charge in [-0.3, -0.25) is 4.84 Å². The van der Waals surface area contributed by atoms with Crippen LogP contribution in [0.4, 0.5) is 4.79 Å². The number of carbonyl (C=O) groups is 1. The van der Waals surface area contributed by atoms with E-state index in [9.17, 15) is 4.79 Å². The van der Waals surface area contributed by atoms with E-state index in [1.54, 1.807) is 0 Å². The summed E-state index contributed by atoms with van der Waals surface area (Å²) in [5, 5.41) is 1.24. The molecule has 0 aliphatic carbocycles. The summed E-state index contributed by atoms with van der Waals surface area (Å²) in [4.78, 5) is 16.4. The van der Waals surface area contributed by atoms with Gasteiger partial charge >= 0.3 is 6.09 Å². The number of hydrogen-bond donors (Lipinski definition) is 0. The highest BCUT2D eigenvalue weighted by Gasteiger charge is 2.21. The monoisotopic (exact) mass is 203 g/mol. The fourth-order valence-corrected chi connectivity index (χ4v) is 0.872. The van der Waals surface area contributed by atoms with Crippen LogP contribution in [0, 0.1) is 0 Å². The molecule has 1 amide bonds. The summed E-state index contributed by atoms with van der Waals surface area (Å²) in [5.41, 5.74) is -0.472. The first kappa shape index (κ1) is 13.2. The summed E-state index contributed by atoms with van der Waals surface area (Å²) in [6.45, 7) is 8.13. The molecule has 0 aromatic rings. The molecule has 0 bridgehead atoms. The highest BCUT2D eigenvalue weighted by molar-refractivity contribution is 5.66. The third-order valence-corrected chi connectivity index (χ3v) is 1.53. The van der Waals surface area contributed by atoms with Gasteiger partial charge in [0.05, 0.1) is 13.7 Å². The SMILES string of the molecule is CCCCN(OC)C(=O)OC(C)(C)C. The van der Waals surface area contributed by atoms with Gasteiger partial charge in [-0.05, 0) is 27.2 Å². The van der Waals surface area contributed by atoms with Crippen LogP contribution in [0.1, 0.15) is 40.5 Å². The summed E-state index contributed by atoms with van der Waals surface area (Å²) < 4.78 is 5.15. The van der Waals surface area contributed by atoms with Crippen LogP contribution in [0.5, 0.6) is 0 Å². The van der Waals surface area contributed by atoms with Crippen LogP contribution >= 0.6 is 0 Å². The summed E-state index contributed by atoms with van der Waals surface area (Å²) in [6.07, 6.45) is 1.50. The minimum Gasteiger partial charge on any atom is -0.442 e. The molecule has 0 saturated carbocycles. The Hall–Kier alpha value is -0.770. The molecule has 0 fully saturated rings. The lowest BCUT2D eigenvalue weighted by atomic mass is 10.2. The van der Waals surface area contributed by atoms with Crippen molar-refractivity contribution in [3.63, 3.8) is 0 Å². The Morgan fingerprint density at radius 2 is 1.93 bits per heavy atom. The minimum absolute atomic E-state index is 0.423. The maximum Gasteiger partial charge on any atom is 0.434 e. The first-order valence-electron chi connectivity index (χ1n) is 4.95. The van der Waals surface area contributed by atoms with Crippen molar-refractivity contribution in [2.75, 3.05) is 13.7 Å². The smallest absolute Gasteiger partial charge is 0.434 e. The number of ether oxygens (including phenoxy) is 1. The maximum atomic E-state index is 11.5. The van der Waals surface area contributed by atoms with Crippen molar-refractivity contribution < 1.29 is 14.4 Å². The lowest BCUT2D eigenvalue weighted by molar-refractivity contribution is -0.124. The molecule has 84 valence electrons. The van der Waals surface area contributed by atoms with Gasteiger partial charge in [0, 0.05) is 0 Å². The van der Waals surface area contributed by atoms with Crippen LogP contribution in [-0.4, -0.2) is 30.4 Å². The predicted molar refractivity (Wildman–Crippen MR) is 54.9 cm³/mol. The molecule has 0 N–H and O–H groups in total. The van der Waals surface area contributed by atoms with Crippen molar-refractivity contribution in [1.82, 2.24) is 5.06 Å². The van der Waals surface area contributed by atoms with Gasteiger partial charge in [0.15, 0.2) is 0 Å². The molecule has 0 spiro atoms. The molecule has 0 aromatic heterocycles. The van der Waals surface area contributed by atoms with Gasteiger partial charge in [0.2, 0.25) is 0 Å². The number of amides is 1. The number of carbonyl (C=O) groups excluding carboxylic acids is 1. The molecule has 14 heavy (non-hydrogen) atoms. The van der Waals surface area contributed by atoms with Crippen molar-refractivity contribution in [3.05, 3.63) is 0 Å². The van der Waals surface area contributed by atoms with E-state index in [4.69, 9.17) is 9.57 Å². The van der Waals surface area contributed by atoms with Gasteiger partial charge in [-0.25, -0.2) is 4.79 Å². The second-order valence-corrected chi connectivity index (χ2v) is 4.12. The Kier molecular flexibility index (Phi) is 5.53. The molecule has 0 aliphatic rings. The highest BCUT2D eigenvalue weighted by Crippen LogP contribution is 2.10. The van der Waals surface area contributed by atoms with E-state index >= 15 is 0 Å². The zero-order valence-corrected chi connectivity index (χ0v) is 9.79. The molecule has 0 saturated heterocycles. The summed E-state index contributed by atoms with van der Waals surface area (Å²) in [6, 6.07) is 0. The van der Waals surface area contributed by atoms with Crippen molar-refractivity contribution in [2.24, 2.45) is 0 Å². The second-order valence-electron chi connectivity index (χ2n) is 4.12. The van der Waals surface area contributed by atoms with Crippen LogP contribution < -0.4 is 0 Å². The Bertz CT molecular complexity index is 175. The molecule has 0 unspecified atom stereocenters. The summed E-state index contributed by atoms with van der Waals surface area (Å²) in [5.74, 6) is 0. The van der Waals surface area contributed by atoms with E-state index in [1.807, 2.05) is 20.8 Å². The van der Waals surface area contributed by atoms with Crippen molar-refractivity contribution in [2.45, 2.75) is 46.1 Å². The van der Waals surface area contributed by atoms with E-state index in [-0.39, 0.29) is 0 Å². The van der Waals surface area contributed by atoms with Gasteiger partial charge < -0.3 is 4.74 Å². The molecule has 0 atom stereocenters. The van der Waals surface area contributed by atoms with E-state index < -0.39 is 11.7 Å². The van der Waals surface area contributed by atoms with E-state index in [1.165, 1.54) is 12.2 Å². The number of rotatable bonds is 4. The molecule has 0 heterocycles. The van der Waals surface area contributed by atoms with E-state index in [0.717, 1.165) is 12.8 Å². The maximum absolute atomic E-state index is 11.5. The molecular weight excluding hydrogens is 182 g/mol. The largest absolute Gasteiger partial charge is 0.442 e. The first-order chi connectivity index (χ1) is 6.40. The number of hydroxylamine groups is 2. The van der Waals surface area contributed by atoms with Crippen molar-refractivity contribution in [3.8, 4) is 0 Å². The third kappa shape index (κ3) is 5.80. The van der Waals surface area contributed by atoms with Gasteiger partial charge in [0.25, 0.3) is 0 Å². The Morgan fingerprint density at radius 1 is 1.36 bits per heavy atom. The van der Waals surface area contributed by atoms with Gasteiger partial charge in [-0.2, -0.15) is 5.06 Å². The highest BCUT2D eigenvalue weighted by atomic mass is 16.7. The molecule has 4 nitrogen and oxygen atoms in total. The lowest BCUT2D eigenvalue weighted by Gasteiger charge is -2.25. The fourth-order valence-electron chi connectivity index (χ4n) is 0.872. The van der Waals surface area contributed by atoms with Gasteiger partial charge in [-0.1, -0.05) is 13.3 Å². The molecule has 4 heteroatoms. The van der Waals surface area contributed by atoms with Crippen LogP contribution in [0.3, 0.4) is 0 Å². The van der Waals surface area contributed by atoms with Crippen LogP contribution in [0.2, 0.25) is 0 Å². The van der Waals surface area contributed by atoms with Crippen LogP contribution in [0.15, 0.2) is 0 Å². The zero-order chi connectivity index (χ0) is 11.2. The average Bonchev–Trinajstić information content (AvgIpc) is 2.02. The molecule has 0 rings (SSSR count). The van der Waals surface area contributed by atoms with Gasteiger partial charge in [0.1, 0.15) is 5.60 Å². The molecule has 0 aromatic carbocycles. The minimum atomic E-state index is -0.472. The Morgan fingerprint density at radius 3 is 2.29 bits per heavy atom. The lowest BCUT2D eigenvalue weighted by Crippen LogP contribution is -2.36. The predicted octanol–water partition coefficient (Wildman–Crippen LogP) is 2.59. The summed E-state index contributed by atoms with van der Waals surface area (Å²) >= 11 is 0. The summed E-state index contributed by atoms with van der Waals surface area (Å²) in [7, 11) is 1.47. The zero-order valence-electron chi connectivity index (χ0n) is 9.79. The Labute approximate surface area is 86.1 Å². The topological polar surface area (TPSA) is 38.8 Å². The van der Waals surface area contributed by atoms with E-state index in [2.05, 4.69) is 6.92 Å². The standard InChI is InChI=1S/C10H21NO3/c1-6-7-8-11(13-5)9(12)14-10(2,3)4/h6-8H2,1-5H3. The first-order valence-corrected chi connectivity index (χ1v) is 4.95. The van der Waals surface area contributed by atoms with Crippen LogP contribution in [0.25, 0.3) is 0 Å². The number of unbranched alkanes of at least 4 members (excludes halogenated alkanes) is 1. The van der Waals surface area contributed by atoms with Crippen molar-refractivity contribution in [1.29, 1.82) is 0 Å². The van der Waals surface area contributed by atoms with Gasteiger partial charge in [-0.15, -0.1) is 0 Å². The number of nitrogens with zero attached hydrogens (tertiary/aromatic N) is 1. The Balaban J connectivity index is 4.04. The quantitative estimate of drug-likeness (QED) is 0.659. The molecular formula is C10H21NO3. The normalized spacial score (nSPS) is 11.2. The third-order valence-electron chi connectivity index (χ3n) is 1.53. The number of hydrogen-bond acceptors (Lipinski definition) is 3. The average molecular weight is 203 g/mol.